The van der Waals surface area contributed by atoms with Gasteiger partial charge >= 0.3 is 0 Å². The number of carbonyl (C=O) groups excluding carboxylic acids is 1. The number of nitrogens with one attached hydrogen (secondary N) is 1. The van der Waals surface area contributed by atoms with Gasteiger partial charge < -0.3 is 14.5 Å². The van der Waals surface area contributed by atoms with Gasteiger partial charge in [-0.15, -0.1) is 0 Å². The Labute approximate surface area is 168 Å². The Bertz CT molecular complexity index is 1160. The van der Waals surface area contributed by atoms with E-state index in [4.69, 9.17) is 9.15 Å². The lowest BCUT2D eigenvalue weighted by molar-refractivity contribution is 0.102. The molecule has 4 aromatic rings. The lowest BCUT2D eigenvalue weighted by Crippen LogP contribution is -2.13. The fourth-order valence-electron chi connectivity index (χ4n) is 3.26. The van der Waals surface area contributed by atoms with Crippen molar-refractivity contribution in [2.45, 2.75) is 26.9 Å². The summed E-state index contributed by atoms with van der Waals surface area (Å²) in [5, 5.41) is 8.10. The summed E-state index contributed by atoms with van der Waals surface area (Å²) in [6.45, 7) is 5.81. The number of aromatic nitrogens is 3. The van der Waals surface area contributed by atoms with E-state index in [9.17, 15) is 4.79 Å². The Hall–Kier alpha value is -3.61. The Morgan fingerprint density at radius 1 is 1.21 bits per heavy atom. The van der Waals surface area contributed by atoms with E-state index in [1.54, 1.807) is 23.1 Å². The molecule has 0 saturated heterocycles. The summed E-state index contributed by atoms with van der Waals surface area (Å²) in [7, 11) is 1.81. The number of furan rings is 1. The predicted molar refractivity (Wildman–Crippen MR) is 111 cm³/mol. The molecule has 1 amide bonds. The van der Waals surface area contributed by atoms with Gasteiger partial charge in [-0.3, -0.25) is 9.48 Å². The van der Waals surface area contributed by atoms with Crippen molar-refractivity contribution < 1.29 is 13.9 Å². The maximum atomic E-state index is 13.1. The molecule has 0 saturated carbocycles. The lowest BCUT2D eigenvalue weighted by Gasteiger charge is -2.11. The third kappa shape index (κ3) is 3.71. The average Bonchev–Trinajstić information content (AvgIpc) is 3.31. The highest BCUT2D eigenvalue weighted by Crippen LogP contribution is 2.28. The molecule has 29 heavy (non-hydrogen) atoms. The molecule has 0 unspecified atom stereocenters. The first-order chi connectivity index (χ1) is 13.9. The van der Waals surface area contributed by atoms with E-state index in [-0.39, 0.29) is 12.0 Å². The normalized spacial score (nSPS) is 11.2. The minimum Gasteiger partial charge on any atom is -0.491 e. The van der Waals surface area contributed by atoms with Gasteiger partial charge in [-0.2, -0.15) is 5.10 Å². The second-order valence-electron chi connectivity index (χ2n) is 7.09. The largest absolute Gasteiger partial charge is 0.491 e. The van der Waals surface area contributed by atoms with Gasteiger partial charge in [0.1, 0.15) is 11.4 Å². The van der Waals surface area contributed by atoms with E-state index in [1.165, 1.54) is 0 Å². The first-order valence-corrected chi connectivity index (χ1v) is 9.38. The second-order valence-corrected chi connectivity index (χ2v) is 7.09. The van der Waals surface area contributed by atoms with Crippen molar-refractivity contribution in [3.63, 3.8) is 0 Å². The maximum absolute atomic E-state index is 13.1. The van der Waals surface area contributed by atoms with Gasteiger partial charge in [0.2, 0.25) is 0 Å². The molecular formula is C22H22N4O3. The molecule has 0 atom stereocenters. The van der Waals surface area contributed by atoms with Crippen molar-refractivity contribution in [2.24, 2.45) is 7.05 Å². The zero-order valence-corrected chi connectivity index (χ0v) is 16.8. The SMILES string of the molecule is Cc1nn(C)c2nc(-c3ccco3)cc(C(=O)Nc3ccc(OC(C)C)cc3)c12. The van der Waals surface area contributed by atoms with Crippen LogP contribution in [0.2, 0.25) is 0 Å². The van der Waals surface area contributed by atoms with E-state index in [0.717, 1.165) is 16.8 Å². The number of aryl methyl sites for hydroxylation is 2. The molecule has 1 aromatic carbocycles. The molecule has 0 bridgehead atoms. The smallest absolute Gasteiger partial charge is 0.256 e. The standard InChI is InChI=1S/C22H22N4O3/c1-13(2)29-16-9-7-15(8-10-16)23-22(27)17-12-18(19-6-5-11-28-19)24-21-20(17)14(3)25-26(21)4/h5-13H,1-4H3,(H,23,27). The molecular weight excluding hydrogens is 368 g/mol. The number of pyridine rings is 1. The molecule has 7 nitrogen and oxygen atoms in total. The van der Waals surface area contributed by atoms with E-state index in [1.807, 2.05) is 58.2 Å². The number of anilines is 1. The Balaban J connectivity index is 1.71. The number of fused-ring (bicyclic) bond motifs is 1. The van der Waals surface area contributed by atoms with Crippen LogP contribution in [0.3, 0.4) is 0 Å². The summed E-state index contributed by atoms with van der Waals surface area (Å²) in [6, 6.07) is 12.6. The van der Waals surface area contributed by atoms with Crippen LogP contribution in [-0.4, -0.2) is 26.8 Å². The van der Waals surface area contributed by atoms with E-state index < -0.39 is 0 Å². The summed E-state index contributed by atoms with van der Waals surface area (Å²) in [4.78, 5) is 17.8. The number of hydrogen-bond donors (Lipinski definition) is 1. The van der Waals surface area contributed by atoms with Crippen molar-refractivity contribution in [3.8, 4) is 17.2 Å². The highest BCUT2D eigenvalue weighted by Gasteiger charge is 2.20. The molecule has 1 N–H and O–H groups in total. The van der Waals surface area contributed by atoms with Crippen LogP contribution < -0.4 is 10.1 Å². The third-order valence-corrected chi connectivity index (χ3v) is 4.47. The molecule has 0 aliphatic carbocycles. The van der Waals surface area contributed by atoms with E-state index in [2.05, 4.69) is 15.4 Å². The maximum Gasteiger partial charge on any atom is 0.256 e. The monoisotopic (exact) mass is 390 g/mol. The van der Waals surface area contributed by atoms with Gasteiger partial charge in [-0.1, -0.05) is 0 Å². The number of ether oxygens (including phenoxy) is 1. The van der Waals surface area contributed by atoms with Crippen LogP contribution in [0.25, 0.3) is 22.5 Å². The lowest BCUT2D eigenvalue weighted by atomic mass is 10.1. The van der Waals surface area contributed by atoms with Crippen LogP contribution in [0.4, 0.5) is 5.69 Å². The van der Waals surface area contributed by atoms with E-state index >= 15 is 0 Å². The molecule has 148 valence electrons. The van der Waals surface area contributed by atoms with Crippen molar-refractivity contribution in [1.82, 2.24) is 14.8 Å². The van der Waals surface area contributed by atoms with Crippen molar-refractivity contribution >= 4 is 22.6 Å². The molecule has 3 heterocycles. The summed E-state index contributed by atoms with van der Waals surface area (Å²) in [5.74, 6) is 1.11. The van der Waals surface area contributed by atoms with Crippen LogP contribution in [-0.2, 0) is 7.05 Å². The van der Waals surface area contributed by atoms with Crippen LogP contribution in [0.5, 0.6) is 5.75 Å². The number of amides is 1. The molecule has 0 spiro atoms. The second kappa shape index (κ2) is 7.43. The van der Waals surface area contributed by atoms with Crippen LogP contribution in [0, 0.1) is 6.92 Å². The predicted octanol–water partition coefficient (Wildman–Crippen LogP) is 4.58. The molecule has 0 aliphatic heterocycles. The van der Waals surface area contributed by atoms with Gasteiger partial charge in [0.05, 0.1) is 29.0 Å². The fraction of sp³-hybridized carbons (Fsp3) is 0.227. The van der Waals surface area contributed by atoms with E-state index in [0.29, 0.717) is 28.4 Å². The van der Waals surface area contributed by atoms with Gasteiger partial charge in [-0.05, 0) is 63.2 Å². The number of hydrogen-bond acceptors (Lipinski definition) is 5. The number of rotatable bonds is 5. The fourth-order valence-corrected chi connectivity index (χ4v) is 3.26. The first-order valence-electron chi connectivity index (χ1n) is 9.38. The quantitative estimate of drug-likeness (QED) is 0.539. The minimum absolute atomic E-state index is 0.0918. The zero-order valence-electron chi connectivity index (χ0n) is 16.8. The molecule has 0 aliphatic rings. The van der Waals surface area contributed by atoms with Crippen molar-refractivity contribution in [3.05, 3.63) is 60.0 Å². The first kappa shape index (κ1) is 18.7. The molecule has 0 fully saturated rings. The van der Waals surface area contributed by atoms with Crippen molar-refractivity contribution in [2.75, 3.05) is 5.32 Å². The Morgan fingerprint density at radius 3 is 2.62 bits per heavy atom. The molecule has 4 rings (SSSR count). The van der Waals surface area contributed by atoms with Gasteiger partial charge in [0.15, 0.2) is 11.4 Å². The van der Waals surface area contributed by atoms with Crippen LogP contribution in [0.1, 0.15) is 29.9 Å². The zero-order chi connectivity index (χ0) is 20.5. The number of carbonyl (C=O) groups is 1. The Kier molecular flexibility index (Phi) is 4.80. The molecule has 3 aromatic heterocycles. The molecule has 0 radical (unpaired) electrons. The van der Waals surface area contributed by atoms with Gasteiger partial charge in [0, 0.05) is 12.7 Å². The molecule has 7 heteroatoms. The summed E-state index contributed by atoms with van der Waals surface area (Å²) in [5.41, 5.74) is 3.12. The highest BCUT2D eigenvalue weighted by molar-refractivity contribution is 6.13. The number of benzene rings is 1. The van der Waals surface area contributed by atoms with Crippen molar-refractivity contribution in [1.29, 1.82) is 0 Å². The Morgan fingerprint density at radius 2 is 1.97 bits per heavy atom. The third-order valence-electron chi connectivity index (χ3n) is 4.47. The topological polar surface area (TPSA) is 82.2 Å². The minimum atomic E-state index is -0.237. The van der Waals surface area contributed by atoms with Crippen LogP contribution in [0.15, 0.2) is 53.1 Å². The summed E-state index contributed by atoms with van der Waals surface area (Å²) in [6.07, 6.45) is 1.67. The summed E-state index contributed by atoms with van der Waals surface area (Å²) < 4.78 is 12.8. The average molecular weight is 390 g/mol. The summed E-state index contributed by atoms with van der Waals surface area (Å²) >= 11 is 0. The van der Waals surface area contributed by atoms with Gasteiger partial charge in [-0.25, -0.2) is 4.98 Å². The highest BCUT2D eigenvalue weighted by atomic mass is 16.5. The van der Waals surface area contributed by atoms with Gasteiger partial charge in [0.25, 0.3) is 5.91 Å². The number of nitrogens with zero attached hydrogens (tertiary/aromatic N) is 3. The van der Waals surface area contributed by atoms with Crippen LogP contribution >= 0.6 is 0 Å².